The number of halogens is 1. The number of hydrogen-bond donors (Lipinski definition) is 0. The van der Waals surface area contributed by atoms with Crippen molar-refractivity contribution in [3.8, 4) is 11.1 Å². The zero-order valence-corrected chi connectivity index (χ0v) is 15.5. The first-order valence-electron chi connectivity index (χ1n) is 9.33. The molecule has 27 heavy (non-hydrogen) atoms. The Morgan fingerprint density at radius 1 is 0.889 bits per heavy atom. The fraction of sp³-hybridized carbons (Fsp3) is 0.208. The molecule has 0 saturated carbocycles. The Balaban J connectivity index is 1.83. The van der Waals surface area contributed by atoms with Crippen LogP contribution in [0.1, 0.15) is 30.9 Å². The summed E-state index contributed by atoms with van der Waals surface area (Å²) in [6.45, 7) is 3.85. The number of benzene rings is 3. The van der Waals surface area contributed by atoms with E-state index in [2.05, 4.69) is 31.2 Å². The van der Waals surface area contributed by atoms with E-state index in [0.717, 1.165) is 17.5 Å². The van der Waals surface area contributed by atoms with Gasteiger partial charge < -0.3 is 4.42 Å². The monoisotopic (exact) mass is 360 g/mol. The summed E-state index contributed by atoms with van der Waals surface area (Å²) in [5.74, 6) is -0.474. The molecule has 0 bridgehead atoms. The molecule has 0 unspecified atom stereocenters. The van der Waals surface area contributed by atoms with Crippen LogP contribution in [0.5, 0.6) is 0 Å². The van der Waals surface area contributed by atoms with Gasteiger partial charge in [0.2, 0.25) is 0 Å². The van der Waals surface area contributed by atoms with E-state index in [1.807, 2.05) is 18.2 Å². The van der Waals surface area contributed by atoms with Crippen molar-refractivity contribution in [1.82, 2.24) is 0 Å². The lowest BCUT2D eigenvalue weighted by molar-refractivity contribution is 0.527. The van der Waals surface area contributed by atoms with Gasteiger partial charge in [-0.05, 0) is 48.1 Å². The van der Waals surface area contributed by atoms with Gasteiger partial charge in [-0.1, -0.05) is 61.9 Å². The number of aryl methyl sites for hydroxylation is 2. The Hall–Kier alpha value is -2.94. The lowest BCUT2D eigenvalue weighted by Gasteiger charge is -2.08. The largest absolute Gasteiger partial charge is 0.419 e. The SMILES string of the molecule is CCCCc1ccc(-c2ccc3c(c2)c(=O)oc2c(F)c(C)ccc23)cc1. The Kier molecular flexibility index (Phi) is 4.53. The number of hydrogen-bond acceptors (Lipinski definition) is 2. The van der Waals surface area contributed by atoms with E-state index in [1.54, 1.807) is 19.1 Å². The highest BCUT2D eigenvalue weighted by Gasteiger charge is 2.13. The molecule has 136 valence electrons. The smallest absolute Gasteiger partial charge is 0.344 e. The van der Waals surface area contributed by atoms with Gasteiger partial charge in [-0.3, -0.25) is 0 Å². The summed E-state index contributed by atoms with van der Waals surface area (Å²) in [6, 6.07) is 17.6. The van der Waals surface area contributed by atoms with Gasteiger partial charge in [0.05, 0.1) is 5.39 Å². The molecule has 4 rings (SSSR count). The molecular formula is C24H21FO2. The first-order chi connectivity index (χ1) is 13.1. The molecule has 0 amide bonds. The maximum Gasteiger partial charge on any atom is 0.344 e. The predicted octanol–water partition coefficient (Wildman–Crippen LogP) is 6.40. The van der Waals surface area contributed by atoms with Crippen molar-refractivity contribution in [2.45, 2.75) is 33.1 Å². The Labute approximate surface area is 157 Å². The van der Waals surface area contributed by atoms with Gasteiger partial charge in [-0.25, -0.2) is 9.18 Å². The second-order valence-corrected chi connectivity index (χ2v) is 7.02. The van der Waals surface area contributed by atoms with Gasteiger partial charge in [0.15, 0.2) is 11.4 Å². The molecule has 0 atom stereocenters. The molecule has 1 heterocycles. The Morgan fingerprint density at radius 2 is 1.59 bits per heavy atom. The Bertz CT molecular complexity index is 1190. The minimum Gasteiger partial charge on any atom is -0.419 e. The Morgan fingerprint density at radius 3 is 2.33 bits per heavy atom. The standard InChI is InChI=1S/C24H21FO2/c1-3-4-5-16-7-9-17(10-8-16)18-11-13-19-20-12-6-15(2)22(25)23(20)27-24(26)21(19)14-18/h6-14H,3-5H2,1-2H3. The third-order valence-corrected chi connectivity index (χ3v) is 5.12. The molecule has 3 aromatic carbocycles. The van der Waals surface area contributed by atoms with Crippen LogP contribution in [0.4, 0.5) is 4.39 Å². The average Bonchev–Trinajstić information content (AvgIpc) is 2.70. The molecule has 2 nitrogen and oxygen atoms in total. The topological polar surface area (TPSA) is 30.2 Å². The third kappa shape index (κ3) is 3.14. The summed E-state index contributed by atoms with van der Waals surface area (Å²) in [5, 5.41) is 1.80. The first-order valence-corrected chi connectivity index (χ1v) is 9.33. The second-order valence-electron chi connectivity index (χ2n) is 7.02. The summed E-state index contributed by atoms with van der Waals surface area (Å²) in [4.78, 5) is 12.5. The zero-order chi connectivity index (χ0) is 19.0. The van der Waals surface area contributed by atoms with Crippen molar-refractivity contribution in [1.29, 1.82) is 0 Å². The highest BCUT2D eigenvalue weighted by Crippen LogP contribution is 2.30. The van der Waals surface area contributed by atoms with Gasteiger partial charge in [0, 0.05) is 10.8 Å². The highest BCUT2D eigenvalue weighted by atomic mass is 19.1. The lowest BCUT2D eigenvalue weighted by atomic mass is 9.98. The van der Waals surface area contributed by atoms with Crippen molar-refractivity contribution < 1.29 is 8.81 Å². The van der Waals surface area contributed by atoms with Crippen LogP contribution in [0.25, 0.3) is 32.9 Å². The maximum absolute atomic E-state index is 14.3. The lowest BCUT2D eigenvalue weighted by Crippen LogP contribution is -2.01. The summed E-state index contributed by atoms with van der Waals surface area (Å²) < 4.78 is 19.7. The molecule has 0 saturated heterocycles. The molecule has 3 heteroatoms. The number of unbranched alkanes of at least 4 members (excludes halogenated alkanes) is 1. The highest BCUT2D eigenvalue weighted by molar-refractivity contribution is 6.05. The molecule has 0 radical (unpaired) electrons. The molecule has 0 spiro atoms. The number of rotatable bonds is 4. The molecule has 0 aliphatic rings. The molecule has 0 fully saturated rings. The molecule has 1 aromatic heterocycles. The minimum absolute atomic E-state index is 0.0283. The summed E-state index contributed by atoms with van der Waals surface area (Å²) in [6.07, 6.45) is 3.44. The normalized spacial score (nSPS) is 11.4. The van der Waals surface area contributed by atoms with E-state index in [-0.39, 0.29) is 5.58 Å². The average molecular weight is 360 g/mol. The van der Waals surface area contributed by atoms with Crippen molar-refractivity contribution in [3.63, 3.8) is 0 Å². The van der Waals surface area contributed by atoms with Crippen LogP contribution in [0.3, 0.4) is 0 Å². The first kappa shape index (κ1) is 17.5. The van der Waals surface area contributed by atoms with Crippen molar-refractivity contribution in [2.24, 2.45) is 0 Å². The fourth-order valence-electron chi connectivity index (χ4n) is 3.49. The van der Waals surface area contributed by atoms with E-state index in [4.69, 9.17) is 4.42 Å². The maximum atomic E-state index is 14.3. The van der Waals surface area contributed by atoms with Crippen molar-refractivity contribution in [3.05, 3.63) is 82.0 Å². The van der Waals surface area contributed by atoms with Crippen molar-refractivity contribution >= 4 is 21.7 Å². The third-order valence-electron chi connectivity index (χ3n) is 5.12. The van der Waals surface area contributed by atoms with Gasteiger partial charge in [0.25, 0.3) is 0 Å². The predicted molar refractivity (Wildman–Crippen MR) is 109 cm³/mol. The van der Waals surface area contributed by atoms with E-state index >= 15 is 0 Å². The van der Waals surface area contributed by atoms with Crippen LogP contribution in [0.2, 0.25) is 0 Å². The quantitative estimate of drug-likeness (QED) is 0.311. The molecule has 0 N–H and O–H groups in total. The van der Waals surface area contributed by atoms with Crippen LogP contribution in [0.15, 0.2) is 63.8 Å². The molecule has 0 aliphatic carbocycles. The number of fused-ring (bicyclic) bond motifs is 3. The van der Waals surface area contributed by atoms with Crippen molar-refractivity contribution in [2.75, 3.05) is 0 Å². The van der Waals surface area contributed by atoms with Gasteiger partial charge in [-0.2, -0.15) is 0 Å². The van der Waals surface area contributed by atoms with E-state index in [1.165, 1.54) is 18.4 Å². The van der Waals surface area contributed by atoms with Crippen LogP contribution < -0.4 is 5.63 Å². The summed E-state index contributed by atoms with van der Waals surface area (Å²) >= 11 is 0. The van der Waals surface area contributed by atoms with E-state index in [0.29, 0.717) is 21.7 Å². The zero-order valence-electron chi connectivity index (χ0n) is 15.5. The van der Waals surface area contributed by atoms with Gasteiger partial charge in [-0.15, -0.1) is 0 Å². The second kappa shape index (κ2) is 6.99. The molecule has 4 aromatic rings. The minimum atomic E-state index is -0.511. The molecule has 0 aliphatic heterocycles. The van der Waals surface area contributed by atoms with Crippen LogP contribution in [-0.2, 0) is 6.42 Å². The van der Waals surface area contributed by atoms with Crippen LogP contribution >= 0.6 is 0 Å². The molecular weight excluding hydrogens is 339 g/mol. The van der Waals surface area contributed by atoms with Crippen LogP contribution in [-0.4, -0.2) is 0 Å². The van der Waals surface area contributed by atoms with Gasteiger partial charge >= 0.3 is 5.63 Å². The summed E-state index contributed by atoms with van der Waals surface area (Å²) in [7, 11) is 0. The summed E-state index contributed by atoms with van der Waals surface area (Å²) in [5.41, 5.74) is 3.29. The van der Waals surface area contributed by atoms with E-state index in [9.17, 15) is 9.18 Å². The van der Waals surface area contributed by atoms with Crippen LogP contribution in [0, 0.1) is 12.7 Å². The van der Waals surface area contributed by atoms with E-state index < -0.39 is 11.4 Å². The van der Waals surface area contributed by atoms with Gasteiger partial charge in [0.1, 0.15) is 0 Å². The fourth-order valence-corrected chi connectivity index (χ4v) is 3.49.